The van der Waals surface area contributed by atoms with Crippen LogP contribution >= 0.6 is 11.5 Å². The number of nitrogens with zero attached hydrogens (tertiary/aromatic N) is 2. The zero-order valence-corrected chi connectivity index (χ0v) is 12.7. The van der Waals surface area contributed by atoms with Gasteiger partial charge in [-0.2, -0.15) is 0 Å². The number of carbonyl (C=O) groups excluding carboxylic acids is 1. The average Bonchev–Trinajstić information content (AvgIpc) is 3.02. The molecule has 2 N–H and O–H groups in total. The molecule has 0 unspecified atom stereocenters. The molecule has 2 aromatic heterocycles. The van der Waals surface area contributed by atoms with Crippen LogP contribution in [0.2, 0.25) is 0 Å². The van der Waals surface area contributed by atoms with E-state index >= 15 is 0 Å². The van der Waals surface area contributed by atoms with Crippen LogP contribution in [0, 0.1) is 6.92 Å². The van der Waals surface area contributed by atoms with Crippen molar-refractivity contribution in [1.29, 1.82) is 0 Å². The van der Waals surface area contributed by atoms with E-state index in [9.17, 15) is 9.59 Å². The van der Waals surface area contributed by atoms with Gasteiger partial charge in [0.2, 0.25) is 0 Å². The molecule has 0 fully saturated rings. The molecule has 21 heavy (non-hydrogen) atoms. The predicted molar refractivity (Wildman–Crippen MR) is 75.6 cm³/mol. The lowest BCUT2D eigenvalue weighted by Crippen LogP contribution is -2.23. The number of furan rings is 1. The molecule has 112 valence electrons. The minimum Gasteiger partial charge on any atom is -0.478 e. The Morgan fingerprint density at radius 2 is 2.19 bits per heavy atom. The second-order valence-corrected chi connectivity index (χ2v) is 5.57. The molecule has 1 amide bonds. The van der Waals surface area contributed by atoms with Gasteiger partial charge in [-0.25, -0.2) is 4.79 Å². The molecular weight excluding hydrogens is 294 g/mol. The van der Waals surface area contributed by atoms with E-state index in [1.807, 2.05) is 13.8 Å². The van der Waals surface area contributed by atoms with Crippen molar-refractivity contribution in [3.63, 3.8) is 0 Å². The van der Waals surface area contributed by atoms with Crippen LogP contribution in [0.15, 0.2) is 10.5 Å². The zero-order chi connectivity index (χ0) is 15.6. The molecule has 0 aliphatic carbocycles. The molecule has 0 aliphatic rings. The van der Waals surface area contributed by atoms with Crippen molar-refractivity contribution < 1.29 is 19.1 Å². The largest absolute Gasteiger partial charge is 0.478 e. The van der Waals surface area contributed by atoms with Crippen molar-refractivity contribution in [1.82, 2.24) is 14.9 Å². The maximum absolute atomic E-state index is 12.1. The molecule has 8 heteroatoms. The van der Waals surface area contributed by atoms with Crippen molar-refractivity contribution in [3.8, 4) is 0 Å². The Bertz CT molecular complexity index is 675. The minimum absolute atomic E-state index is 0.0987. The van der Waals surface area contributed by atoms with Crippen LogP contribution in [0.4, 0.5) is 0 Å². The third-order valence-electron chi connectivity index (χ3n) is 2.89. The van der Waals surface area contributed by atoms with Crippen LogP contribution < -0.4 is 5.32 Å². The number of carbonyl (C=O) groups is 2. The molecule has 2 rings (SSSR count). The predicted octanol–water partition coefficient (Wildman–Crippen LogP) is 2.19. The van der Waals surface area contributed by atoms with E-state index in [1.54, 1.807) is 6.92 Å². The number of aromatic carboxylic acids is 1. The summed E-state index contributed by atoms with van der Waals surface area (Å²) in [5.74, 6) is -0.535. The summed E-state index contributed by atoms with van der Waals surface area (Å²) >= 11 is 1.04. The number of aromatic nitrogens is 2. The fourth-order valence-electron chi connectivity index (χ4n) is 1.82. The third kappa shape index (κ3) is 3.27. The van der Waals surface area contributed by atoms with Gasteiger partial charge in [-0.1, -0.05) is 18.3 Å². The topological polar surface area (TPSA) is 105 Å². The summed E-state index contributed by atoms with van der Waals surface area (Å²) in [5, 5.41) is 15.6. The van der Waals surface area contributed by atoms with Crippen molar-refractivity contribution in [2.45, 2.75) is 33.2 Å². The SMILES string of the molecule is Cc1oc(CNC(=O)c2snnc2C(C)C)cc1C(=O)O. The van der Waals surface area contributed by atoms with E-state index in [0.717, 1.165) is 11.5 Å². The van der Waals surface area contributed by atoms with Crippen LogP contribution in [0.3, 0.4) is 0 Å². The Hall–Kier alpha value is -2.22. The first-order valence-corrected chi connectivity index (χ1v) is 7.10. The molecule has 0 radical (unpaired) electrons. The first-order valence-electron chi connectivity index (χ1n) is 6.33. The highest BCUT2D eigenvalue weighted by Gasteiger charge is 2.19. The molecule has 7 nitrogen and oxygen atoms in total. The molecule has 0 saturated heterocycles. The Morgan fingerprint density at radius 3 is 2.76 bits per heavy atom. The van der Waals surface area contributed by atoms with Gasteiger partial charge in [-0.15, -0.1) is 5.10 Å². The van der Waals surface area contributed by atoms with Crippen molar-refractivity contribution in [2.75, 3.05) is 0 Å². The van der Waals surface area contributed by atoms with E-state index < -0.39 is 5.97 Å². The molecule has 0 saturated carbocycles. The summed E-state index contributed by atoms with van der Waals surface area (Å²) in [6.45, 7) is 5.55. The lowest BCUT2D eigenvalue weighted by Gasteiger charge is -2.04. The third-order valence-corrected chi connectivity index (χ3v) is 3.63. The second-order valence-electron chi connectivity index (χ2n) is 4.81. The van der Waals surface area contributed by atoms with E-state index in [2.05, 4.69) is 14.9 Å². The van der Waals surface area contributed by atoms with E-state index in [0.29, 0.717) is 22.1 Å². The summed E-state index contributed by atoms with van der Waals surface area (Å²) in [7, 11) is 0. The highest BCUT2D eigenvalue weighted by atomic mass is 32.1. The van der Waals surface area contributed by atoms with Crippen LogP contribution in [-0.2, 0) is 6.54 Å². The molecule has 2 heterocycles. The second kappa shape index (κ2) is 6.04. The molecule has 2 aromatic rings. The highest BCUT2D eigenvalue weighted by molar-refractivity contribution is 7.08. The normalized spacial score (nSPS) is 10.9. The maximum Gasteiger partial charge on any atom is 0.339 e. The summed E-state index contributed by atoms with van der Waals surface area (Å²) in [6.07, 6.45) is 0. The maximum atomic E-state index is 12.1. The van der Waals surface area contributed by atoms with Crippen LogP contribution in [0.5, 0.6) is 0 Å². The zero-order valence-electron chi connectivity index (χ0n) is 11.8. The first-order chi connectivity index (χ1) is 9.90. The lowest BCUT2D eigenvalue weighted by molar-refractivity contribution is 0.0694. The lowest BCUT2D eigenvalue weighted by atomic mass is 10.1. The van der Waals surface area contributed by atoms with Gasteiger partial charge in [0, 0.05) is 0 Å². The minimum atomic E-state index is -1.05. The molecule has 0 atom stereocenters. The van der Waals surface area contributed by atoms with Gasteiger partial charge in [0.05, 0.1) is 12.2 Å². The van der Waals surface area contributed by atoms with Crippen LogP contribution in [-0.4, -0.2) is 26.6 Å². The van der Waals surface area contributed by atoms with Gasteiger partial charge in [0.1, 0.15) is 22.0 Å². The van der Waals surface area contributed by atoms with Gasteiger partial charge in [0.15, 0.2) is 0 Å². The average molecular weight is 309 g/mol. The number of amides is 1. The van der Waals surface area contributed by atoms with Crippen molar-refractivity contribution >= 4 is 23.4 Å². The molecule has 0 spiro atoms. The molecule has 0 aliphatic heterocycles. The van der Waals surface area contributed by atoms with Crippen molar-refractivity contribution in [3.05, 3.63) is 33.7 Å². The van der Waals surface area contributed by atoms with E-state index in [-0.39, 0.29) is 23.9 Å². The summed E-state index contributed by atoms with van der Waals surface area (Å²) in [5.41, 5.74) is 0.751. The smallest absolute Gasteiger partial charge is 0.339 e. The Balaban J connectivity index is 2.06. The number of aryl methyl sites for hydroxylation is 1. The first kappa shape index (κ1) is 15.2. The Morgan fingerprint density at radius 1 is 1.48 bits per heavy atom. The summed E-state index contributed by atoms with van der Waals surface area (Å²) in [6, 6.07) is 1.41. The number of hydrogen-bond donors (Lipinski definition) is 2. The number of hydrogen-bond acceptors (Lipinski definition) is 6. The Kier molecular flexibility index (Phi) is 4.37. The number of rotatable bonds is 5. The summed E-state index contributed by atoms with van der Waals surface area (Å²) in [4.78, 5) is 23.5. The molecule has 0 aromatic carbocycles. The fraction of sp³-hybridized carbons (Fsp3) is 0.385. The number of carboxylic acids is 1. The van der Waals surface area contributed by atoms with Gasteiger partial charge in [0.25, 0.3) is 5.91 Å². The van der Waals surface area contributed by atoms with E-state index in [1.165, 1.54) is 6.07 Å². The van der Waals surface area contributed by atoms with E-state index in [4.69, 9.17) is 9.52 Å². The number of carboxylic acid groups (broad SMARTS) is 1. The van der Waals surface area contributed by atoms with Crippen LogP contribution in [0.1, 0.15) is 57.0 Å². The Labute approximate surface area is 125 Å². The monoisotopic (exact) mass is 309 g/mol. The fourth-order valence-corrected chi connectivity index (χ4v) is 2.56. The van der Waals surface area contributed by atoms with Gasteiger partial charge >= 0.3 is 5.97 Å². The van der Waals surface area contributed by atoms with Gasteiger partial charge in [-0.3, -0.25) is 4.79 Å². The van der Waals surface area contributed by atoms with Gasteiger partial charge in [-0.05, 0) is 30.4 Å². The number of nitrogens with one attached hydrogen (secondary N) is 1. The molecule has 0 bridgehead atoms. The quantitative estimate of drug-likeness (QED) is 0.877. The standard InChI is InChI=1S/C13H15N3O4S/c1-6(2)10-11(21-16-15-10)12(17)14-5-8-4-9(13(18)19)7(3)20-8/h4,6H,5H2,1-3H3,(H,14,17)(H,18,19). The highest BCUT2D eigenvalue weighted by Crippen LogP contribution is 2.20. The molecular formula is C13H15N3O4S. The van der Waals surface area contributed by atoms with Crippen molar-refractivity contribution in [2.24, 2.45) is 0 Å². The van der Waals surface area contributed by atoms with Crippen LogP contribution in [0.25, 0.3) is 0 Å². The summed E-state index contributed by atoms with van der Waals surface area (Å²) < 4.78 is 9.09. The van der Waals surface area contributed by atoms with Gasteiger partial charge < -0.3 is 14.8 Å².